The molecule has 0 N–H and O–H groups in total. The molecule has 4 nitrogen and oxygen atoms in total. The van der Waals surface area contributed by atoms with Crippen LogP contribution in [0.15, 0.2) is 90.3 Å². The summed E-state index contributed by atoms with van der Waals surface area (Å²) in [5.41, 5.74) is 5.42. The van der Waals surface area contributed by atoms with Gasteiger partial charge in [-0.2, -0.15) is 0 Å². The van der Waals surface area contributed by atoms with Crippen LogP contribution >= 0.6 is 11.3 Å². The van der Waals surface area contributed by atoms with E-state index in [1.807, 2.05) is 48.7 Å². The lowest BCUT2D eigenvalue weighted by Crippen LogP contribution is -2.26. The number of carbonyl (C=O) groups excluding carboxylic acids is 1. The summed E-state index contributed by atoms with van der Waals surface area (Å²) in [6.07, 6.45) is 0. The van der Waals surface area contributed by atoms with Crippen LogP contribution in [0.25, 0.3) is 0 Å². The number of carbonyl (C=O) groups is 1. The molecule has 5 heteroatoms. The van der Waals surface area contributed by atoms with Gasteiger partial charge in [-0.05, 0) is 37.2 Å². The third kappa shape index (κ3) is 4.96. The molecule has 32 heavy (non-hydrogen) atoms. The highest BCUT2D eigenvalue weighted by atomic mass is 32.1. The molecule has 0 aliphatic carbocycles. The molecular formula is C27H27N3OS. The molecule has 3 aromatic carbocycles. The van der Waals surface area contributed by atoms with Crippen molar-refractivity contribution in [3.63, 3.8) is 0 Å². The van der Waals surface area contributed by atoms with E-state index in [1.54, 1.807) is 11.8 Å². The predicted molar refractivity (Wildman–Crippen MR) is 132 cm³/mol. The second-order valence-corrected chi connectivity index (χ2v) is 8.79. The van der Waals surface area contributed by atoms with Crippen LogP contribution in [0.2, 0.25) is 0 Å². The first-order valence-electron chi connectivity index (χ1n) is 10.6. The van der Waals surface area contributed by atoms with E-state index in [4.69, 9.17) is 4.98 Å². The molecule has 0 aliphatic heterocycles. The van der Waals surface area contributed by atoms with Crippen molar-refractivity contribution in [1.82, 2.24) is 9.88 Å². The lowest BCUT2D eigenvalue weighted by Gasteiger charge is -2.28. The number of benzene rings is 3. The van der Waals surface area contributed by atoms with Gasteiger partial charge in [0, 0.05) is 18.8 Å². The number of amides is 1. The van der Waals surface area contributed by atoms with Crippen molar-refractivity contribution in [1.29, 1.82) is 0 Å². The van der Waals surface area contributed by atoms with Gasteiger partial charge in [0.2, 0.25) is 5.91 Å². The Morgan fingerprint density at radius 1 is 0.906 bits per heavy atom. The number of hydrogen-bond donors (Lipinski definition) is 0. The molecule has 0 saturated heterocycles. The fourth-order valence-corrected chi connectivity index (χ4v) is 4.79. The molecule has 0 bridgehead atoms. The lowest BCUT2D eigenvalue weighted by molar-refractivity contribution is -0.115. The molecular weight excluding hydrogens is 414 g/mol. The van der Waals surface area contributed by atoms with Gasteiger partial charge in [-0.25, -0.2) is 4.98 Å². The Morgan fingerprint density at radius 3 is 2.00 bits per heavy atom. The molecule has 0 spiro atoms. The quantitative estimate of drug-likeness (QED) is 0.335. The molecule has 162 valence electrons. The van der Waals surface area contributed by atoms with Gasteiger partial charge in [0.05, 0.1) is 17.4 Å². The van der Waals surface area contributed by atoms with Crippen LogP contribution in [-0.4, -0.2) is 22.8 Å². The summed E-state index contributed by atoms with van der Waals surface area (Å²) in [7, 11) is 2.12. The fraction of sp³-hybridized carbons (Fsp3) is 0.185. The van der Waals surface area contributed by atoms with Crippen LogP contribution in [-0.2, 0) is 11.3 Å². The van der Waals surface area contributed by atoms with Crippen LogP contribution in [0.3, 0.4) is 0 Å². The highest BCUT2D eigenvalue weighted by Crippen LogP contribution is 2.32. The Morgan fingerprint density at radius 2 is 1.47 bits per heavy atom. The van der Waals surface area contributed by atoms with Crippen molar-refractivity contribution in [2.75, 3.05) is 11.9 Å². The van der Waals surface area contributed by atoms with Crippen molar-refractivity contribution < 1.29 is 4.79 Å². The largest absolute Gasteiger partial charge is 0.290 e. The normalized spacial score (nSPS) is 11.2. The number of aromatic nitrogens is 1. The van der Waals surface area contributed by atoms with Crippen molar-refractivity contribution in [2.45, 2.75) is 26.4 Å². The maximum Gasteiger partial charge on any atom is 0.230 e. The molecule has 0 unspecified atom stereocenters. The first-order valence-corrected chi connectivity index (χ1v) is 11.5. The van der Waals surface area contributed by atoms with Crippen LogP contribution in [0.1, 0.15) is 35.3 Å². The third-order valence-electron chi connectivity index (χ3n) is 5.42. The molecule has 0 saturated carbocycles. The molecule has 0 radical (unpaired) electrons. The number of anilines is 2. The topological polar surface area (TPSA) is 36.4 Å². The zero-order chi connectivity index (χ0) is 22.5. The third-order valence-corrected chi connectivity index (χ3v) is 6.30. The van der Waals surface area contributed by atoms with E-state index in [-0.39, 0.29) is 11.9 Å². The average molecular weight is 442 g/mol. The zero-order valence-corrected chi connectivity index (χ0v) is 19.4. The summed E-state index contributed by atoms with van der Waals surface area (Å²) in [5.74, 6) is -0.0467. The number of rotatable bonds is 7. The Balaban J connectivity index is 1.59. The van der Waals surface area contributed by atoms with Gasteiger partial charge in [0.15, 0.2) is 5.13 Å². The molecule has 1 aromatic heterocycles. The van der Waals surface area contributed by atoms with Crippen LogP contribution in [0.5, 0.6) is 0 Å². The summed E-state index contributed by atoms with van der Waals surface area (Å²) in [6.45, 7) is 4.29. The summed E-state index contributed by atoms with van der Waals surface area (Å²) >= 11 is 1.50. The van der Waals surface area contributed by atoms with Gasteiger partial charge >= 0.3 is 0 Å². The van der Waals surface area contributed by atoms with E-state index in [2.05, 4.69) is 60.5 Å². The van der Waals surface area contributed by atoms with Gasteiger partial charge < -0.3 is 0 Å². The van der Waals surface area contributed by atoms with E-state index in [0.717, 1.165) is 16.9 Å². The SMILES string of the molecule is CC(=O)N(c1ccc(C)cc1)c1nc(CN(C)C(c2ccccc2)c2ccccc2)cs1. The average Bonchev–Trinajstić information content (AvgIpc) is 3.24. The summed E-state index contributed by atoms with van der Waals surface area (Å²) in [6, 6.07) is 29.1. The number of aryl methyl sites for hydroxylation is 1. The Bertz CT molecular complexity index is 1120. The highest BCUT2D eigenvalue weighted by Gasteiger charge is 2.22. The van der Waals surface area contributed by atoms with Crippen molar-refractivity contribution in [2.24, 2.45) is 0 Å². The molecule has 4 rings (SSSR count). The standard InChI is InChI=1S/C27H27N3OS/c1-20-14-16-25(17-15-20)30(21(2)31)27-28-24(19-32-27)18-29(3)26(22-10-6-4-7-11-22)23-12-8-5-9-13-23/h4-17,19,26H,18H2,1-3H3. The molecule has 0 atom stereocenters. The fourth-order valence-electron chi connectivity index (χ4n) is 3.91. The Kier molecular flexibility index (Phi) is 6.78. The second kappa shape index (κ2) is 9.90. The van der Waals surface area contributed by atoms with E-state index >= 15 is 0 Å². The van der Waals surface area contributed by atoms with Crippen LogP contribution in [0.4, 0.5) is 10.8 Å². The predicted octanol–water partition coefficient (Wildman–Crippen LogP) is 6.36. The van der Waals surface area contributed by atoms with Crippen LogP contribution in [0, 0.1) is 6.92 Å². The van der Waals surface area contributed by atoms with Gasteiger partial charge in [0.25, 0.3) is 0 Å². The van der Waals surface area contributed by atoms with E-state index in [9.17, 15) is 4.79 Å². The Labute approximate surface area is 193 Å². The lowest BCUT2D eigenvalue weighted by atomic mass is 9.97. The van der Waals surface area contributed by atoms with Gasteiger partial charge in [-0.15, -0.1) is 11.3 Å². The van der Waals surface area contributed by atoms with Gasteiger partial charge in [-0.3, -0.25) is 14.6 Å². The smallest absolute Gasteiger partial charge is 0.230 e. The molecule has 1 heterocycles. The minimum atomic E-state index is -0.0467. The minimum absolute atomic E-state index is 0.0467. The zero-order valence-electron chi connectivity index (χ0n) is 18.6. The van der Waals surface area contributed by atoms with E-state index < -0.39 is 0 Å². The molecule has 0 fully saturated rings. The summed E-state index contributed by atoms with van der Waals surface area (Å²) < 4.78 is 0. The van der Waals surface area contributed by atoms with Crippen molar-refractivity contribution >= 4 is 28.1 Å². The van der Waals surface area contributed by atoms with Gasteiger partial charge in [-0.1, -0.05) is 78.4 Å². The maximum absolute atomic E-state index is 12.4. The number of hydrogen-bond acceptors (Lipinski definition) is 4. The minimum Gasteiger partial charge on any atom is -0.290 e. The Hall–Kier alpha value is -3.28. The van der Waals surface area contributed by atoms with Crippen molar-refractivity contribution in [3.8, 4) is 0 Å². The summed E-state index contributed by atoms with van der Waals surface area (Å²) in [5, 5.41) is 2.74. The van der Waals surface area contributed by atoms with Crippen LogP contribution < -0.4 is 4.90 Å². The molecule has 1 amide bonds. The van der Waals surface area contributed by atoms with Crippen molar-refractivity contribution in [3.05, 3.63) is 113 Å². The number of thiazole rings is 1. The molecule has 0 aliphatic rings. The maximum atomic E-state index is 12.4. The second-order valence-electron chi connectivity index (χ2n) is 7.95. The monoisotopic (exact) mass is 441 g/mol. The highest BCUT2D eigenvalue weighted by molar-refractivity contribution is 7.14. The van der Waals surface area contributed by atoms with E-state index in [1.165, 1.54) is 22.5 Å². The van der Waals surface area contributed by atoms with Gasteiger partial charge in [0.1, 0.15) is 0 Å². The summed E-state index contributed by atoms with van der Waals surface area (Å²) in [4.78, 5) is 21.2. The number of nitrogens with zero attached hydrogens (tertiary/aromatic N) is 3. The first-order chi connectivity index (χ1) is 15.5. The molecule has 4 aromatic rings. The van der Waals surface area contributed by atoms with E-state index in [0.29, 0.717) is 11.7 Å². The first kappa shape index (κ1) is 21.9.